The van der Waals surface area contributed by atoms with Crippen molar-refractivity contribution in [2.75, 3.05) is 5.32 Å². The van der Waals surface area contributed by atoms with E-state index in [-0.39, 0.29) is 0 Å². The Kier molecular flexibility index (Phi) is 2.49. The molecule has 1 fully saturated rings. The number of halogens is 1. The van der Waals surface area contributed by atoms with Gasteiger partial charge in [-0.05, 0) is 19.8 Å². The van der Waals surface area contributed by atoms with Crippen LogP contribution in [0, 0.1) is 6.92 Å². The molecule has 1 N–H and O–H groups in total. The van der Waals surface area contributed by atoms with Crippen LogP contribution in [0.4, 0.5) is 5.95 Å². The predicted octanol–water partition coefficient (Wildman–Crippen LogP) is 2.25. The van der Waals surface area contributed by atoms with E-state index in [4.69, 9.17) is 0 Å². The molecule has 1 aliphatic rings. The zero-order chi connectivity index (χ0) is 9.26. The zero-order valence-electron chi connectivity index (χ0n) is 7.55. The average Bonchev–Trinajstić information content (AvgIpc) is 2.89. The van der Waals surface area contributed by atoms with Crippen LogP contribution in [0.3, 0.4) is 0 Å². The molecule has 0 bridgehead atoms. The van der Waals surface area contributed by atoms with E-state index in [1.165, 1.54) is 12.8 Å². The number of hydrogen-bond acceptors (Lipinski definition) is 3. The minimum absolute atomic E-state index is 0.620. The van der Waals surface area contributed by atoms with E-state index in [1.54, 1.807) is 0 Å². The van der Waals surface area contributed by atoms with Gasteiger partial charge in [0.1, 0.15) is 0 Å². The molecule has 0 spiro atoms. The van der Waals surface area contributed by atoms with E-state index in [0.29, 0.717) is 6.04 Å². The largest absolute Gasteiger partial charge is 0.351 e. The first-order valence-corrected chi connectivity index (χ1v) is 5.57. The van der Waals surface area contributed by atoms with E-state index in [2.05, 4.69) is 31.2 Å². The van der Waals surface area contributed by atoms with Gasteiger partial charge in [-0.3, -0.25) is 0 Å². The van der Waals surface area contributed by atoms with Gasteiger partial charge in [0, 0.05) is 28.8 Å². The summed E-state index contributed by atoms with van der Waals surface area (Å²) in [4.78, 5) is 8.61. The number of aryl methyl sites for hydroxylation is 1. The van der Waals surface area contributed by atoms with Crippen LogP contribution in [-0.2, 0) is 5.33 Å². The second-order valence-electron chi connectivity index (χ2n) is 3.36. The molecule has 0 saturated heterocycles. The number of nitrogens with one attached hydrogen (secondary N) is 1. The summed E-state index contributed by atoms with van der Waals surface area (Å²) in [5.74, 6) is 0.768. The van der Waals surface area contributed by atoms with Crippen molar-refractivity contribution in [3.63, 3.8) is 0 Å². The molecule has 1 aromatic rings. The number of rotatable bonds is 3. The molecular formula is C9H12BrN3. The van der Waals surface area contributed by atoms with Crippen molar-refractivity contribution in [3.05, 3.63) is 17.5 Å². The van der Waals surface area contributed by atoms with Crippen molar-refractivity contribution >= 4 is 21.9 Å². The Morgan fingerprint density at radius 3 is 2.92 bits per heavy atom. The third-order valence-electron chi connectivity index (χ3n) is 2.14. The molecule has 0 radical (unpaired) electrons. The van der Waals surface area contributed by atoms with Crippen LogP contribution in [0.25, 0.3) is 0 Å². The third kappa shape index (κ3) is 2.18. The molecule has 70 valence electrons. The molecule has 0 amide bonds. The first kappa shape index (κ1) is 8.94. The van der Waals surface area contributed by atoms with E-state index >= 15 is 0 Å². The zero-order valence-corrected chi connectivity index (χ0v) is 9.13. The summed E-state index contributed by atoms with van der Waals surface area (Å²) >= 11 is 3.40. The van der Waals surface area contributed by atoms with Crippen LogP contribution in [0.15, 0.2) is 6.20 Å². The average molecular weight is 242 g/mol. The standard InChI is InChI=1S/C9H12BrN3/c1-6-7(4-10)5-11-9(12-6)13-8-2-3-8/h5,8H,2-4H2,1H3,(H,11,12,13). The van der Waals surface area contributed by atoms with Crippen molar-refractivity contribution in [2.45, 2.75) is 31.1 Å². The van der Waals surface area contributed by atoms with E-state index < -0.39 is 0 Å². The van der Waals surface area contributed by atoms with E-state index in [0.717, 1.165) is 22.5 Å². The highest BCUT2D eigenvalue weighted by Crippen LogP contribution is 2.23. The Labute approximate surface area is 86.1 Å². The molecule has 0 atom stereocenters. The predicted molar refractivity (Wildman–Crippen MR) is 56.0 cm³/mol. The van der Waals surface area contributed by atoms with Gasteiger partial charge >= 0.3 is 0 Å². The van der Waals surface area contributed by atoms with Gasteiger partial charge in [0.05, 0.1) is 0 Å². The lowest BCUT2D eigenvalue weighted by molar-refractivity contribution is 1.01. The van der Waals surface area contributed by atoms with Gasteiger partial charge in [0.15, 0.2) is 0 Å². The third-order valence-corrected chi connectivity index (χ3v) is 2.74. The Balaban J connectivity index is 2.13. The molecule has 0 aliphatic heterocycles. The van der Waals surface area contributed by atoms with Gasteiger partial charge in [0.25, 0.3) is 0 Å². The second kappa shape index (κ2) is 3.62. The number of hydrogen-bond donors (Lipinski definition) is 1. The summed E-state index contributed by atoms with van der Waals surface area (Å²) in [7, 11) is 0. The summed E-state index contributed by atoms with van der Waals surface area (Å²) in [5, 5.41) is 4.09. The first-order chi connectivity index (χ1) is 6.29. The highest BCUT2D eigenvalue weighted by atomic mass is 79.9. The van der Waals surface area contributed by atoms with Crippen LogP contribution >= 0.6 is 15.9 Å². The van der Waals surface area contributed by atoms with Crippen molar-refractivity contribution in [2.24, 2.45) is 0 Å². The van der Waals surface area contributed by atoms with E-state index in [9.17, 15) is 0 Å². The second-order valence-corrected chi connectivity index (χ2v) is 3.92. The van der Waals surface area contributed by atoms with Gasteiger partial charge in [-0.15, -0.1) is 0 Å². The molecule has 1 aliphatic carbocycles. The van der Waals surface area contributed by atoms with Gasteiger partial charge in [0.2, 0.25) is 5.95 Å². The van der Waals surface area contributed by atoms with Crippen molar-refractivity contribution in [1.29, 1.82) is 0 Å². The molecule has 4 heteroatoms. The Bertz CT molecular complexity index is 310. The maximum Gasteiger partial charge on any atom is 0.223 e. The van der Waals surface area contributed by atoms with Crippen molar-refractivity contribution in [1.82, 2.24) is 9.97 Å². The summed E-state index contributed by atoms with van der Waals surface area (Å²) in [6.07, 6.45) is 4.38. The van der Waals surface area contributed by atoms with Gasteiger partial charge in [-0.1, -0.05) is 15.9 Å². The fourth-order valence-electron chi connectivity index (χ4n) is 1.10. The minimum atomic E-state index is 0.620. The smallest absolute Gasteiger partial charge is 0.223 e. The van der Waals surface area contributed by atoms with Crippen molar-refractivity contribution < 1.29 is 0 Å². The number of alkyl halides is 1. The molecule has 1 heterocycles. The number of anilines is 1. The molecular weight excluding hydrogens is 230 g/mol. The van der Waals surface area contributed by atoms with E-state index in [1.807, 2.05) is 13.1 Å². The Morgan fingerprint density at radius 2 is 2.38 bits per heavy atom. The number of aromatic nitrogens is 2. The molecule has 1 saturated carbocycles. The molecule has 3 nitrogen and oxygen atoms in total. The summed E-state index contributed by atoms with van der Waals surface area (Å²) in [5.41, 5.74) is 2.20. The lowest BCUT2D eigenvalue weighted by atomic mass is 10.3. The van der Waals surface area contributed by atoms with Crippen molar-refractivity contribution in [3.8, 4) is 0 Å². The lowest BCUT2D eigenvalue weighted by Crippen LogP contribution is -2.06. The minimum Gasteiger partial charge on any atom is -0.351 e. The normalized spacial score (nSPS) is 15.8. The molecule has 0 aromatic carbocycles. The van der Waals surface area contributed by atoms with Crippen LogP contribution in [0.5, 0.6) is 0 Å². The topological polar surface area (TPSA) is 37.8 Å². The first-order valence-electron chi connectivity index (χ1n) is 4.44. The molecule has 2 rings (SSSR count). The summed E-state index contributed by atoms with van der Waals surface area (Å²) in [6, 6.07) is 0.620. The summed E-state index contributed by atoms with van der Waals surface area (Å²) < 4.78 is 0. The monoisotopic (exact) mass is 241 g/mol. The fourth-order valence-corrected chi connectivity index (χ4v) is 1.65. The quantitative estimate of drug-likeness (QED) is 0.826. The maximum atomic E-state index is 4.37. The summed E-state index contributed by atoms with van der Waals surface area (Å²) in [6.45, 7) is 2.01. The SMILES string of the molecule is Cc1nc(NC2CC2)ncc1CBr. The fraction of sp³-hybridized carbons (Fsp3) is 0.556. The van der Waals surface area contributed by atoms with Crippen LogP contribution < -0.4 is 5.32 Å². The van der Waals surface area contributed by atoms with Crippen LogP contribution in [0.2, 0.25) is 0 Å². The molecule has 13 heavy (non-hydrogen) atoms. The Hall–Kier alpha value is -0.640. The lowest BCUT2D eigenvalue weighted by Gasteiger charge is -2.05. The van der Waals surface area contributed by atoms with Crippen LogP contribution in [-0.4, -0.2) is 16.0 Å². The molecule has 1 aromatic heterocycles. The molecule has 0 unspecified atom stereocenters. The maximum absolute atomic E-state index is 4.37. The highest BCUT2D eigenvalue weighted by molar-refractivity contribution is 9.08. The number of nitrogens with zero attached hydrogens (tertiary/aromatic N) is 2. The van der Waals surface area contributed by atoms with Gasteiger partial charge < -0.3 is 5.32 Å². The van der Waals surface area contributed by atoms with Crippen LogP contribution in [0.1, 0.15) is 24.1 Å². The van der Waals surface area contributed by atoms with Gasteiger partial charge in [-0.2, -0.15) is 0 Å². The Morgan fingerprint density at radius 1 is 1.62 bits per heavy atom. The highest BCUT2D eigenvalue weighted by Gasteiger charge is 2.21. The van der Waals surface area contributed by atoms with Gasteiger partial charge in [-0.25, -0.2) is 9.97 Å².